The third-order valence-corrected chi connectivity index (χ3v) is 7.45. The summed E-state index contributed by atoms with van der Waals surface area (Å²) in [5.41, 5.74) is 1.86. The SMILES string of the molecule is O=C1C(CC2=CC3C(C2=O)[C@H]2C=C[C@@H]3C2)=CC2C1[C@H]1C=C[C@@H]2C1. The van der Waals surface area contributed by atoms with E-state index in [1.165, 1.54) is 0 Å². The number of allylic oxidation sites excluding steroid dienone is 8. The highest BCUT2D eigenvalue weighted by Gasteiger charge is 2.53. The zero-order valence-electron chi connectivity index (χ0n) is 13.0. The summed E-state index contributed by atoms with van der Waals surface area (Å²) in [7, 11) is 0. The summed E-state index contributed by atoms with van der Waals surface area (Å²) in [4.78, 5) is 25.6. The van der Waals surface area contributed by atoms with Gasteiger partial charge >= 0.3 is 0 Å². The van der Waals surface area contributed by atoms with Gasteiger partial charge in [0.1, 0.15) is 0 Å². The van der Waals surface area contributed by atoms with E-state index in [9.17, 15) is 9.59 Å². The standard InChI is InChI=1S/C21H20O2/c22-20-14(8-16-10-1-3-12(5-10)18(16)20)7-15-9-17-11-2-4-13(6-11)19(17)21(15)23/h1-4,8-13,16-19H,5-7H2/t10-,11-,12+,13+,16?,17?,18?,19?/m1/s1. The third-order valence-electron chi connectivity index (χ3n) is 7.45. The first kappa shape index (κ1) is 12.7. The minimum atomic E-state index is 0.189. The van der Waals surface area contributed by atoms with Crippen LogP contribution in [0.25, 0.3) is 0 Å². The lowest BCUT2D eigenvalue weighted by molar-refractivity contribution is -0.119. The number of hydrogen-bond acceptors (Lipinski definition) is 2. The molecular weight excluding hydrogens is 284 g/mol. The molecule has 0 saturated heterocycles. The summed E-state index contributed by atoms with van der Waals surface area (Å²) < 4.78 is 0. The van der Waals surface area contributed by atoms with E-state index >= 15 is 0 Å². The molecule has 2 saturated carbocycles. The first-order valence-electron chi connectivity index (χ1n) is 9.07. The van der Waals surface area contributed by atoms with Gasteiger partial charge in [-0.3, -0.25) is 9.59 Å². The second kappa shape index (κ2) is 4.03. The van der Waals surface area contributed by atoms with Crippen LogP contribution in [-0.2, 0) is 9.59 Å². The molecular formula is C21H20O2. The predicted octanol–water partition coefficient (Wildman–Crippen LogP) is 3.27. The first-order chi connectivity index (χ1) is 11.2. The lowest BCUT2D eigenvalue weighted by Crippen LogP contribution is -2.22. The van der Waals surface area contributed by atoms with Crippen molar-refractivity contribution in [3.8, 4) is 0 Å². The maximum atomic E-state index is 12.8. The Labute approximate surface area is 136 Å². The minimum absolute atomic E-state index is 0.189. The van der Waals surface area contributed by atoms with E-state index in [-0.39, 0.29) is 11.8 Å². The van der Waals surface area contributed by atoms with Gasteiger partial charge in [0.25, 0.3) is 0 Å². The smallest absolute Gasteiger partial charge is 0.163 e. The number of hydrogen-bond donors (Lipinski definition) is 0. The second-order valence-corrected chi connectivity index (χ2v) is 8.39. The van der Waals surface area contributed by atoms with E-state index < -0.39 is 0 Å². The van der Waals surface area contributed by atoms with Gasteiger partial charge in [0.2, 0.25) is 0 Å². The van der Waals surface area contributed by atoms with Crippen molar-refractivity contribution in [1.82, 2.24) is 0 Å². The number of fused-ring (bicyclic) bond motifs is 10. The average molecular weight is 304 g/mol. The van der Waals surface area contributed by atoms with Gasteiger partial charge in [-0.25, -0.2) is 0 Å². The van der Waals surface area contributed by atoms with Crippen LogP contribution in [0, 0.1) is 47.3 Å². The molecule has 0 heterocycles. The molecule has 0 aliphatic heterocycles. The number of ketones is 2. The van der Waals surface area contributed by atoms with Gasteiger partial charge in [-0.05, 0) is 59.5 Å². The van der Waals surface area contributed by atoms with Crippen LogP contribution in [0.4, 0.5) is 0 Å². The monoisotopic (exact) mass is 304 g/mol. The molecule has 2 fully saturated rings. The van der Waals surface area contributed by atoms with Crippen molar-refractivity contribution in [2.24, 2.45) is 47.3 Å². The second-order valence-electron chi connectivity index (χ2n) is 8.39. The summed E-state index contributed by atoms with van der Waals surface area (Å²) in [6.45, 7) is 0. The van der Waals surface area contributed by atoms with Crippen molar-refractivity contribution in [2.45, 2.75) is 19.3 Å². The average Bonchev–Trinajstić information content (AvgIpc) is 3.32. The highest BCUT2D eigenvalue weighted by Crippen LogP contribution is 2.56. The summed E-state index contributed by atoms with van der Waals surface area (Å²) >= 11 is 0. The fraction of sp³-hybridized carbons (Fsp3) is 0.524. The molecule has 6 aliphatic rings. The lowest BCUT2D eigenvalue weighted by Gasteiger charge is -2.18. The van der Waals surface area contributed by atoms with Crippen molar-refractivity contribution >= 4 is 11.6 Å². The van der Waals surface area contributed by atoms with Crippen LogP contribution in [-0.4, -0.2) is 11.6 Å². The van der Waals surface area contributed by atoms with E-state index in [4.69, 9.17) is 0 Å². The number of carbonyl (C=O) groups excluding carboxylic acids is 2. The van der Waals surface area contributed by atoms with Crippen LogP contribution in [0.1, 0.15) is 19.3 Å². The highest BCUT2D eigenvalue weighted by atomic mass is 16.1. The van der Waals surface area contributed by atoms with Crippen molar-refractivity contribution < 1.29 is 9.59 Å². The Morgan fingerprint density at radius 1 is 0.696 bits per heavy atom. The van der Waals surface area contributed by atoms with Gasteiger partial charge in [0.15, 0.2) is 11.6 Å². The molecule has 116 valence electrons. The number of rotatable bonds is 2. The number of Topliss-reactive ketones (excluding diaryl/α,β-unsaturated/α-hetero) is 2. The van der Waals surface area contributed by atoms with Crippen molar-refractivity contribution in [1.29, 1.82) is 0 Å². The quantitative estimate of drug-likeness (QED) is 0.734. The molecule has 0 N–H and O–H groups in total. The van der Waals surface area contributed by atoms with Gasteiger partial charge in [0, 0.05) is 18.3 Å². The van der Waals surface area contributed by atoms with E-state index in [1.54, 1.807) is 0 Å². The van der Waals surface area contributed by atoms with Gasteiger partial charge in [-0.1, -0.05) is 36.5 Å². The Balaban J connectivity index is 1.28. The van der Waals surface area contributed by atoms with Gasteiger partial charge < -0.3 is 0 Å². The molecule has 0 aromatic rings. The summed E-state index contributed by atoms with van der Waals surface area (Å²) in [5, 5.41) is 0. The molecule has 0 spiro atoms. The maximum absolute atomic E-state index is 12.8. The van der Waals surface area contributed by atoms with E-state index in [1.807, 2.05) is 0 Å². The van der Waals surface area contributed by atoms with Crippen LogP contribution in [0.2, 0.25) is 0 Å². The zero-order chi connectivity index (χ0) is 15.3. The largest absolute Gasteiger partial charge is 0.294 e. The molecule has 2 heteroatoms. The minimum Gasteiger partial charge on any atom is -0.294 e. The first-order valence-corrected chi connectivity index (χ1v) is 9.07. The fourth-order valence-electron chi connectivity index (χ4n) is 6.47. The Bertz CT molecular complexity index is 701. The van der Waals surface area contributed by atoms with Crippen LogP contribution in [0.3, 0.4) is 0 Å². The maximum Gasteiger partial charge on any atom is 0.163 e. The molecule has 4 bridgehead atoms. The molecule has 6 aliphatic carbocycles. The van der Waals surface area contributed by atoms with E-state index in [0.717, 1.165) is 24.0 Å². The van der Waals surface area contributed by atoms with Crippen molar-refractivity contribution in [2.75, 3.05) is 0 Å². The normalized spacial score (nSPS) is 50.8. The molecule has 6 rings (SSSR count). The molecule has 0 radical (unpaired) electrons. The Morgan fingerprint density at radius 2 is 1.13 bits per heavy atom. The van der Waals surface area contributed by atoms with Gasteiger partial charge in [0.05, 0.1) is 0 Å². The van der Waals surface area contributed by atoms with Gasteiger partial charge in [-0.2, -0.15) is 0 Å². The Hall–Kier alpha value is -1.70. The van der Waals surface area contributed by atoms with Crippen LogP contribution in [0.15, 0.2) is 47.6 Å². The zero-order valence-corrected chi connectivity index (χ0v) is 13.0. The highest BCUT2D eigenvalue weighted by molar-refractivity contribution is 6.06. The fourth-order valence-corrected chi connectivity index (χ4v) is 6.47. The summed E-state index contributed by atoms with van der Waals surface area (Å²) in [5.74, 6) is 3.93. The molecule has 0 aromatic heterocycles. The predicted molar refractivity (Wildman–Crippen MR) is 86.2 cm³/mol. The summed E-state index contributed by atoms with van der Waals surface area (Å²) in [6.07, 6.45) is 16.4. The van der Waals surface area contributed by atoms with Crippen molar-refractivity contribution in [3.05, 3.63) is 47.6 Å². The lowest BCUT2D eigenvalue weighted by atomic mass is 9.84. The van der Waals surface area contributed by atoms with Crippen LogP contribution >= 0.6 is 0 Å². The van der Waals surface area contributed by atoms with Crippen molar-refractivity contribution in [3.63, 3.8) is 0 Å². The molecule has 0 aromatic carbocycles. The summed E-state index contributed by atoms with van der Waals surface area (Å²) in [6, 6.07) is 0. The Morgan fingerprint density at radius 3 is 1.57 bits per heavy atom. The van der Waals surface area contributed by atoms with Crippen LogP contribution < -0.4 is 0 Å². The topological polar surface area (TPSA) is 34.1 Å². The number of carbonyl (C=O) groups is 2. The van der Waals surface area contributed by atoms with E-state index in [0.29, 0.717) is 53.5 Å². The van der Waals surface area contributed by atoms with E-state index in [2.05, 4.69) is 36.5 Å². The molecule has 8 atom stereocenters. The third kappa shape index (κ3) is 1.46. The van der Waals surface area contributed by atoms with Crippen LogP contribution in [0.5, 0.6) is 0 Å². The molecule has 23 heavy (non-hydrogen) atoms. The molecule has 0 amide bonds. The van der Waals surface area contributed by atoms with Gasteiger partial charge in [-0.15, -0.1) is 0 Å². The molecule has 2 nitrogen and oxygen atoms in total. The molecule has 4 unspecified atom stereocenters. The Kier molecular flexibility index (Phi) is 2.23.